The molecule has 0 bridgehead atoms. The fraction of sp³-hybridized carbons (Fsp3) is 0.419. The van der Waals surface area contributed by atoms with E-state index in [1.54, 1.807) is 33.5 Å². The molecule has 5 rings (SSSR count). The Morgan fingerprint density at radius 3 is 2.18 bits per heavy atom. The van der Waals surface area contributed by atoms with Crippen LogP contribution in [-0.2, 0) is 50.1 Å². The second kappa shape index (κ2) is 22.7. The number of carbonyl (C=O) groups is 1. The fourth-order valence-corrected chi connectivity index (χ4v) is 6.54. The Morgan fingerprint density at radius 1 is 0.732 bits per heavy atom. The average molecular weight is 775 g/mol. The minimum atomic E-state index is -0.322. The van der Waals surface area contributed by atoms with Gasteiger partial charge in [-0.15, -0.1) is 0 Å². The molecule has 1 aliphatic heterocycles. The maximum absolute atomic E-state index is 13.6. The van der Waals surface area contributed by atoms with E-state index in [4.69, 9.17) is 43.6 Å². The van der Waals surface area contributed by atoms with Crippen molar-refractivity contribution in [1.82, 2.24) is 10.3 Å². The summed E-state index contributed by atoms with van der Waals surface area (Å²) >= 11 is 0. The zero-order valence-electron chi connectivity index (χ0n) is 32.5. The van der Waals surface area contributed by atoms with Gasteiger partial charge in [-0.05, 0) is 59.0 Å². The van der Waals surface area contributed by atoms with Gasteiger partial charge >= 0.3 is 0 Å². The number of piperidine rings is 1. The van der Waals surface area contributed by atoms with Crippen molar-refractivity contribution in [3.05, 3.63) is 119 Å². The molecule has 0 spiro atoms. The van der Waals surface area contributed by atoms with Crippen molar-refractivity contribution in [3.8, 4) is 23.0 Å². The number of ether oxygens (including phenoxy) is 7. The maximum Gasteiger partial charge on any atom is 0.227 e. The normalized spacial score (nSPS) is 15.5. The summed E-state index contributed by atoms with van der Waals surface area (Å²) in [6.07, 6.45) is 2.18. The van der Waals surface area contributed by atoms with Crippen LogP contribution in [0.3, 0.4) is 0 Å². The molecule has 1 heterocycles. The Hall–Kier alpha value is -4.73. The summed E-state index contributed by atoms with van der Waals surface area (Å²) in [7, 11) is 4.95. The van der Waals surface area contributed by atoms with Gasteiger partial charge < -0.3 is 38.1 Å². The Bertz CT molecular complexity index is 1750. The van der Waals surface area contributed by atoms with Gasteiger partial charge in [-0.3, -0.25) is 15.2 Å². The van der Waals surface area contributed by atoms with Gasteiger partial charge in [-0.25, -0.2) is 4.84 Å². The molecule has 0 radical (unpaired) electrons. The highest BCUT2D eigenvalue weighted by molar-refractivity contribution is 5.79. The number of amides is 1. The molecule has 0 saturated carbocycles. The summed E-state index contributed by atoms with van der Waals surface area (Å²) in [5.74, 6) is 3.01. The smallest absolute Gasteiger partial charge is 0.227 e. The Morgan fingerprint density at radius 2 is 1.45 bits per heavy atom. The van der Waals surface area contributed by atoms with Crippen molar-refractivity contribution in [1.29, 1.82) is 0 Å². The third-order valence-corrected chi connectivity index (χ3v) is 9.50. The molecule has 1 saturated heterocycles. The average Bonchev–Trinajstić information content (AvgIpc) is 3.22. The fourth-order valence-electron chi connectivity index (χ4n) is 6.54. The van der Waals surface area contributed by atoms with E-state index in [-0.39, 0.29) is 36.3 Å². The van der Waals surface area contributed by atoms with Gasteiger partial charge in [0.15, 0.2) is 0 Å². The molecule has 1 unspecified atom stereocenters. The molecule has 302 valence electrons. The first-order valence-corrected chi connectivity index (χ1v) is 18.8. The lowest BCUT2D eigenvalue weighted by molar-refractivity contribution is -0.497. The number of hydrogen-bond donors (Lipinski definition) is 2. The van der Waals surface area contributed by atoms with E-state index in [1.807, 2.05) is 71.6 Å². The van der Waals surface area contributed by atoms with E-state index in [2.05, 4.69) is 17.0 Å². The van der Waals surface area contributed by atoms with Gasteiger partial charge in [0.05, 0.1) is 71.8 Å². The van der Waals surface area contributed by atoms with Crippen LogP contribution >= 0.6 is 0 Å². The first kappa shape index (κ1) is 42.4. The van der Waals surface area contributed by atoms with E-state index in [0.717, 1.165) is 58.6 Å². The molecule has 0 aliphatic carbocycles. The van der Waals surface area contributed by atoms with Crippen LogP contribution in [0.15, 0.2) is 91.0 Å². The Balaban J connectivity index is 1.20. The van der Waals surface area contributed by atoms with Gasteiger partial charge in [0.25, 0.3) is 0 Å². The summed E-state index contributed by atoms with van der Waals surface area (Å²) in [4.78, 5) is 20.2. The number of nitrogens with zero attached hydrogens (tertiary/aromatic N) is 2. The lowest BCUT2D eigenvalue weighted by atomic mass is 9.86. The third kappa shape index (κ3) is 13.5. The molecule has 0 aromatic heterocycles. The van der Waals surface area contributed by atoms with Crippen molar-refractivity contribution < 1.29 is 53.2 Å². The molecular weight excluding hydrogens is 720 g/mol. The van der Waals surface area contributed by atoms with Crippen LogP contribution in [0, 0.1) is 0 Å². The van der Waals surface area contributed by atoms with Crippen molar-refractivity contribution in [2.45, 2.75) is 57.5 Å². The van der Waals surface area contributed by atoms with Crippen LogP contribution in [0.5, 0.6) is 23.0 Å². The second-order valence-electron chi connectivity index (χ2n) is 13.5. The van der Waals surface area contributed by atoms with Crippen LogP contribution in [0.1, 0.15) is 53.0 Å². The van der Waals surface area contributed by atoms with Gasteiger partial charge in [-0.1, -0.05) is 54.6 Å². The topological polar surface area (TPSA) is 138 Å². The zero-order chi connectivity index (χ0) is 39.5. The van der Waals surface area contributed by atoms with Crippen molar-refractivity contribution in [2.75, 3.05) is 60.8 Å². The number of methoxy groups -OCH3 is 3. The highest BCUT2D eigenvalue weighted by atomic mass is 17.1. The molecule has 4 aromatic carbocycles. The second-order valence-corrected chi connectivity index (χ2v) is 13.5. The molecule has 2 N–H and O–H groups in total. The first-order chi connectivity index (χ1) is 27.3. The highest BCUT2D eigenvalue weighted by Gasteiger charge is 2.33. The lowest BCUT2D eigenvalue weighted by Crippen LogP contribution is -2.47. The molecule has 13 nitrogen and oxygen atoms in total. The molecule has 1 aliphatic rings. The summed E-state index contributed by atoms with van der Waals surface area (Å²) in [5.41, 5.74) is 4.60. The van der Waals surface area contributed by atoms with Gasteiger partial charge in [0.1, 0.15) is 23.0 Å². The first-order valence-electron chi connectivity index (χ1n) is 18.8. The van der Waals surface area contributed by atoms with Gasteiger partial charge in [-0.2, -0.15) is 0 Å². The summed E-state index contributed by atoms with van der Waals surface area (Å²) in [6.45, 7) is 3.99. The van der Waals surface area contributed by atoms with Gasteiger partial charge in [0, 0.05) is 57.2 Å². The predicted molar refractivity (Wildman–Crippen MR) is 207 cm³/mol. The number of rotatable bonds is 23. The summed E-state index contributed by atoms with van der Waals surface area (Å²) < 4.78 is 40.6. The maximum atomic E-state index is 13.6. The lowest BCUT2D eigenvalue weighted by Gasteiger charge is -2.39. The van der Waals surface area contributed by atoms with Crippen LogP contribution in [0.2, 0.25) is 0 Å². The van der Waals surface area contributed by atoms with Gasteiger partial charge in [0.2, 0.25) is 5.91 Å². The Kier molecular flexibility index (Phi) is 17.2. The van der Waals surface area contributed by atoms with E-state index in [1.165, 1.54) is 0 Å². The standard InChI is InChI=1S/C43H54N2O11/c1-49-20-6-22-54-39-25-34(24-38(27-39)50-2)29-55-42-28-44(43(46)26-32-10-12-33(13-11-32)30-56-45(47)48)19-18-40(42)35-14-16-37(17-15-35)53-23-7-21-52-31-36-8-4-5-9-41(36)51-3/h4-5,8-17,24-25,27,40,42,47-48H,6-7,18-23,26,28-31H2,1-3H3/t40-,42?/m1/s1. The molecule has 1 amide bonds. The molecule has 4 aromatic rings. The summed E-state index contributed by atoms with van der Waals surface area (Å²) in [5, 5.41) is 17.3. The van der Waals surface area contributed by atoms with Crippen LogP contribution in [0.4, 0.5) is 0 Å². The third-order valence-electron chi connectivity index (χ3n) is 9.50. The number of carbonyl (C=O) groups excluding carboxylic acids is 1. The van der Waals surface area contributed by atoms with E-state index < -0.39 is 0 Å². The van der Waals surface area contributed by atoms with Crippen molar-refractivity contribution in [3.63, 3.8) is 0 Å². The minimum Gasteiger partial charge on any atom is -0.497 e. The Labute approximate surface area is 329 Å². The number of benzene rings is 4. The van der Waals surface area contributed by atoms with Crippen LogP contribution < -0.4 is 18.9 Å². The monoisotopic (exact) mass is 774 g/mol. The van der Waals surface area contributed by atoms with E-state index >= 15 is 0 Å². The number of hydrogen-bond acceptors (Lipinski definition) is 12. The van der Waals surface area contributed by atoms with E-state index in [0.29, 0.717) is 64.2 Å². The molecular formula is C43H54N2O11. The van der Waals surface area contributed by atoms with Crippen molar-refractivity contribution >= 4 is 5.91 Å². The van der Waals surface area contributed by atoms with Crippen LogP contribution in [-0.4, -0.2) is 93.6 Å². The molecule has 13 heteroatoms. The highest BCUT2D eigenvalue weighted by Crippen LogP contribution is 2.33. The quantitative estimate of drug-likeness (QED) is 0.0609. The minimum absolute atomic E-state index is 0.00157. The molecule has 56 heavy (non-hydrogen) atoms. The molecule has 1 fully saturated rings. The zero-order valence-corrected chi connectivity index (χ0v) is 32.5. The largest absolute Gasteiger partial charge is 0.497 e. The van der Waals surface area contributed by atoms with Crippen molar-refractivity contribution in [2.24, 2.45) is 0 Å². The predicted octanol–water partition coefficient (Wildman–Crippen LogP) is 6.76. The SMILES string of the molecule is COCCCOc1cc(COC2CN(C(=O)Cc3ccc(CON(O)O)cc3)CC[C@@H]2c2ccc(OCCCOCc3ccccc3OC)cc2)cc(OC)c1. The van der Waals surface area contributed by atoms with Crippen LogP contribution in [0.25, 0.3) is 0 Å². The number of para-hydroxylation sites is 1. The molecule has 2 atom stereocenters. The summed E-state index contributed by atoms with van der Waals surface area (Å²) in [6, 6.07) is 29.0. The number of likely N-dealkylation sites (tertiary alicyclic amines) is 1. The van der Waals surface area contributed by atoms with E-state index in [9.17, 15) is 4.79 Å².